The van der Waals surface area contributed by atoms with Gasteiger partial charge in [-0.15, -0.1) is 0 Å². The Morgan fingerprint density at radius 2 is 1.64 bits per heavy atom. The Hall–Kier alpha value is -2.30. The van der Waals surface area contributed by atoms with E-state index in [4.69, 9.17) is 9.47 Å². The molecule has 0 fully saturated rings. The van der Waals surface area contributed by atoms with Gasteiger partial charge in [-0.25, -0.2) is 4.79 Å². The van der Waals surface area contributed by atoms with Crippen LogP contribution in [0.1, 0.15) is 25.8 Å². The molecule has 0 aliphatic heterocycles. The van der Waals surface area contributed by atoms with Gasteiger partial charge >= 0.3 is 11.9 Å². The Kier molecular flexibility index (Phi) is 7.16. The molecule has 1 aromatic rings. The van der Waals surface area contributed by atoms with Gasteiger partial charge < -0.3 is 14.4 Å². The quantitative estimate of drug-likeness (QED) is 0.572. The van der Waals surface area contributed by atoms with Crippen LogP contribution in [0.3, 0.4) is 0 Å². The first-order valence-electron chi connectivity index (χ1n) is 7.28. The summed E-state index contributed by atoms with van der Waals surface area (Å²) in [5, 5.41) is 0. The van der Waals surface area contributed by atoms with Crippen molar-refractivity contribution in [2.45, 2.75) is 20.3 Å². The minimum atomic E-state index is -0.460. The van der Waals surface area contributed by atoms with Crippen molar-refractivity contribution in [3.8, 4) is 0 Å². The van der Waals surface area contributed by atoms with Crippen molar-refractivity contribution in [1.29, 1.82) is 0 Å². The zero-order valence-corrected chi connectivity index (χ0v) is 13.6. The molecule has 0 aliphatic rings. The highest BCUT2D eigenvalue weighted by atomic mass is 16.5. The largest absolute Gasteiger partial charge is 0.466 e. The van der Waals surface area contributed by atoms with Crippen LogP contribution in [0.2, 0.25) is 0 Å². The maximum absolute atomic E-state index is 11.7. The number of rotatable bonds is 7. The Balaban J connectivity index is 3.02. The summed E-state index contributed by atoms with van der Waals surface area (Å²) in [6.45, 7) is 4.09. The molecule has 0 saturated carbocycles. The van der Waals surface area contributed by atoms with Gasteiger partial charge in [0.25, 0.3) is 0 Å². The smallest absolute Gasteiger partial charge is 0.331 e. The zero-order chi connectivity index (χ0) is 16.5. The molecule has 0 saturated heterocycles. The van der Waals surface area contributed by atoms with E-state index < -0.39 is 5.97 Å². The number of carbonyl (C=O) groups excluding carboxylic acids is 2. The number of nitrogens with zero attached hydrogens (tertiary/aromatic N) is 1. The van der Waals surface area contributed by atoms with Gasteiger partial charge in [-0.2, -0.15) is 0 Å². The van der Waals surface area contributed by atoms with Gasteiger partial charge in [0.1, 0.15) is 0 Å². The van der Waals surface area contributed by atoms with Gasteiger partial charge in [-0.1, -0.05) is 12.1 Å². The number of hydrogen-bond donors (Lipinski definition) is 0. The standard InChI is InChI=1S/C17H23NO4/c1-5-21-16(19)11-14(12-17(20)22-6-2)13-7-9-15(10-8-13)18(3)4/h7-11H,5-6,12H2,1-4H3. The third kappa shape index (κ3) is 5.60. The van der Waals surface area contributed by atoms with E-state index in [2.05, 4.69) is 0 Å². The highest BCUT2D eigenvalue weighted by Crippen LogP contribution is 2.22. The van der Waals surface area contributed by atoms with Gasteiger partial charge in [-0.3, -0.25) is 4.79 Å². The molecule has 5 nitrogen and oxygen atoms in total. The number of anilines is 1. The second kappa shape index (κ2) is 8.87. The van der Waals surface area contributed by atoms with E-state index in [1.54, 1.807) is 13.8 Å². The predicted molar refractivity (Wildman–Crippen MR) is 86.6 cm³/mol. The van der Waals surface area contributed by atoms with Crippen molar-refractivity contribution in [2.75, 3.05) is 32.2 Å². The second-order valence-corrected chi connectivity index (χ2v) is 4.84. The predicted octanol–water partition coefficient (Wildman–Crippen LogP) is 2.65. The molecule has 1 aromatic carbocycles. The summed E-state index contributed by atoms with van der Waals surface area (Å²) in [5.74, 6) is -0.826. The van der Waals surface area contributed by atoms with Crippen LogP contribution in [0.5, 0.6) is 0 Å². The van der Waals surface area contributed by atoms with Crippen LogP contribution in [0.4, 0.5) is 5.69 Å². The van der Waals surface area contributed by atoms with Crippen molar-refractivity contribution in [2.24, 2.45) is 0 Å². The Labute approximate surface area is 131 Å². The fraction of sp³-hybridized carbons (Fsp3) is 0.412. The molecule has 0 spiro atoms. The molecule has 0 N–H and O–H groups in total. The van der Waals surface area contributed by atoms with Crippen molar-refractivity contribution in [1.82, 2.24) is 0 Å². The van der Waals surface area contributed by atoms with Gasteiger partial charge in [0.2, 0.25) is 0 Å². The van der Waals surface area contributed by atoms with Gasteiger partial charge in [0.15, 0.2) is 0 Å². The number of benzene rings is 1. The summed E-state index contributed by atoms with van der Waals surface area (Å²) in [6.07, 6.45) is 1.39. The first-order chi connectivity index (χ1) is 10.5. The molecule has 0 unspecified atom stereocenters. The highest BCUT2D eigenvalue weighted by molar-refractivity contribution is 5.96. The first kappa shape index (κ1) is 17.8. The average Bonchev–Trinajstić information content (AvgIpc) is 2.47. The number of carbonyl (C=O) groups is 2. The van der Waals surface area contributed by atoms with Crippen LogP contribution in [0.25, 0.3) is 5.57 Å². The lowest BCUT2D eigenvalue weighted by atomic mass is 10.0. The van der Waals surface area contributed by atoms with Crippen LogP contribution >= 0.6 is 0 Å². The Bertz CT molecular complexity index is 532. The summed E-state index contributed by atoms with van der Waals surface area (Å²) in [4.78, 5) is 25.4. The fourth-order valence-electron chi connectivity index (χ4n) is 1.90. The van der Waals surface area contributed by atoms with Gasteiger partial charge in [0, 0.05) is 25.9 Å². The summed E-state index contributed by atoms with van der Waals surface area (Å²) < 4.78 is 9.88. The molecule has 22 heavy (non-hydrogen) atoms. The topological polar surface area (TPSA) is 55.8 Å². The molecular formula is C17H23NO4. The van der Waals surface area contributed by atoms with E-state index >= 15 is 0 Å². The highest BCUT2D eigenvalue weighted by Gasteiger charge is 2.12. The normalized spacial score (nSPS) is 11.0. The minimum absolute atomic E-state index is 0.0357. The molecule has 0 aromatic heterocycles. The average molecular weight is 305 g/mol. The third-order valence-electron chi connectivity index (χ3n) is 2.97. The molecule has 5 heteroatoms. The van der Waals surface area contributed by atoms with E-state index in [1.807, 2.05) is 43.3 Å². The molecule has 0 bridgehead atoms. The first-order valence-corrected chi connectivity index (χ1v) is 7.28. The zero-order valence-electron chi connectivity index (χ0n) is 13.6. The summed E-state index contributed by atoms with van der Waals surface area (Å²) in [7, 11) is 3.89. The Morgan fingerprint density at radius 1 is 1.05 bits per heavy atom. The van der Waals surface area contributed by atoms with E-state index in [0.29, 0.717) is 18.8 Å². The van der Waals surface area contributed by atoms with Crippen LogP contribution in [0, 0.1) is 0 Å². The van der Waals surface area contributed by atoms with Crippen molar-refractivity contribution >= 4 is 23.2 Å². The van der Waals surface area contributed by atoms with Gasteiger partial charge in [0.05, 0.1) is 19.6 Å². The second-order valence-electron chi connectivity index (χ2n) is 4.84. The van der Waals surface area contributed by atoms with E-state index in [9.17, 15) is 9.59 Å². The van der Waals surface area contributed by atoms with Crippen molar-refractivity contribution in [3.05, 3.63) is 35.9 Å². The van der Waals surface area contributed by atoms with Gasteiger partial charge in [-0.05, 0) is 37.1 Å². The lowest BCUT2D eigenvalue weighted by molar-refractivity contribution is -0.141. The monoisotopic (exact) mass is 305 g/mol. The molecule has 1 rings (SSSR count). The van der Waals surface area contributed by atoms with E-state index in [0.717, 1.165) is 11.3 Å². The molecule has 0 radical (unpaired) electrons. The maximum Gasteiger partial charge on any atom is 0.331 e. The number of ether oxygens (including phenoxy) is 2. The van der Waals surface area contributed by atoms with Crippen LogP contribution in [-0.4, -0.2) is 39.2 Å². The molecule has 0 amide bonds. The van der Waals surface area contributed by atoms with Crippen molar-refractivity contribution in [3.63, 3.8) is 0 Å². The summed E-state index contributed by atoms with van der Waals surface area (Å²) >= 11 is 0. The van der Waals surface area contributed by atoms with Crippen LogP contribution in [-0.2, 0) is 19.1 Å². The van der Waals surface area contributed by atoms with Crippen molar-refractivity contribution < 1.29 is 19.1 Å². The number of hydrogen-bond acceptors (Lipinski definition) is 5. The minimum Gasteiger partial charge on any atom is -0.466 e. The molecular weight excluding hydrogens is 282 g/mol. The Morgan fingerprint density at radius 3 is 2.14 bits per heavy atom. The fourth-order valence-corrected chi connectivity index (χ4v) is 1.90. The maximum atomic E-state index is 11.7. The molecule has 0 aliphatic carbocycles. The lowest BCUT2D eigenvalue weighted by Crippen LogP contribution is -2.09. The number of esters is 2. The summed E-state index contributed by atoms with van der Waals surface area (Å²) in [6, 6.07) is 7.61. The molecule has 0 heterocycles. The lowest BCUT2D eigenvalue weighted by Gasteiger charge is -2.14. The molecule has 120 valence electrons. The van der Waals surface area contributed by atoms with E-state index in [-0.39, 0.29) is 12.4 Å². The summed E-state index contributed by atoms with van der Waals surface area (Å²) in [5.41, 5.74) is 2.42. The van der Waals surface area contributed by atoms with Crippen LogP contribution < -0.4 is 4.90 Å². The molecule has 0 atom stereocenters. The third-order valence-corrected chi connectivity index (χ3v) is 2.97. The SMILES string of the molecule is CCOC(=O)C=C(CC(=O)OCC)c1ccc(N(C)C)cc1. The van der Waals surface area contributed by atoms with E-state index in [1.165, 1.54) is 6.08 Å². The van der Waals surface area contributed by atoms with Crippen LogP contribution in [0.15, 0.2) is 30.3 Å².